The van der Waals surface area contributed by atoms with Crippen LogP contribution >= 0.6 is 15.9 Å². The number of benzene rings is 1. The Morgan fingerprint density at radius 3 is 2.94 bits per heavy atom. The minimum absolute atomic E-state index is 0.475. The van der Waals surface area contributed by atoms with E-state index in [0.29, 0.717) is 18.0 Å². The maximum Gasteiger partial charge on any atom is 0.258 e. The van der Waals surface area contributed by atoms with E-state index in [0.717, 1.165) is 4.47 Å². The average Bonchev–Trinajstić information content (AvgIpc) is 2.33. The number of primary amides is 1. The summed E-state index contributed by atoms with van der Waals surface area (Å²) in [4.78, 5) is 10.8. The third-order valence-electron chi connectivity index (χ3n) is 1.90. The molecular weight excluding hydrogens is 300 g/mol. The molecule has 0 aromatic heterocycles. The van der Waals surface area contributed by atoms with Crippen LogP contribution in [0.1, 0.15) is 6.92 Å². The lowest BCUT2D eigenvalue weighted by molar-refractivity contribution is -0.118. The Morgan fingerprint density at radius 2 is 2.39 bits per heavy atom. The minimum atomic E-state index is -1.27. The van der Waals surface area contributed by atoms with Crippen molar-refractivity contribution in [2.75, 3.05) is 6.61 Å². The van der Waals surface area contributed by atoms with Gasteiger partial charge in [-0.15, -0.1) is 0 Å². The van der Waals surface area contributed by atoms with Crippen molar-refractivity contribution in [2.24, 2.45) is 16.0 Å². The Kier molecular flexibility index (Phi) is 5.27. The number of nitrogens with zero attached hydrogens (tertiary/aromatic N) is 3. The maximum absolute atomic E-state index is 10.8. The first-order chi connectivity index (χ1) is 8.58. The highest BCUT2D eigenvalue weighted by atomic mass is 79.9. The van der Waals surface area contributed by atoms with Gasteiger partial charge in [0.25, 0.3) is 5.91 Å². The lowest BCUT2D eigenvalue weighted by Gasteiger charge is -2.05. The molecule has 0 radical (unpaired) electrons. The van der Waals surface area contributed by atoms with E-state index in [-0.39, 0.29) is 0 Å². The fraction of sp³-hybridized carbons (Fsp3) is 0.273. The summed E-state index contributed by atoms with van der Waals surface area (Å²) in [5.74, 6) is -0.218. The SMILES string of the molecule is CCOc1cc(N=NC(C#N)C(N)=O)ccc1Br. The number of hydrogen-bond acceptors (Lipinski definition) is 5. The van der Waals surface area contributed by atoms with Crippen molar-refractivity contribution >= 4 is 27.5 Å². The van der Waals surface area contributed by atoms with Gasteiger partial charge in [-0.2, -0.15) is 15.5 Å². The van der Waals surface area contributed by atoms with E-state index in [2.05, 4.69) is 26.2 Å². The van der Waals surface area contributed by atoms with Crippen molar-refractivity contribution in [1.82, 2.24) is 0 Å². The number of carbonyl (C=O) groups is 1. The average molecular weight is 311 g/mol. The van der Waals surface area contributed by atoms with Gasteiger partial charge >= 0.3 is 0 Å². The predicted molar refractivity (Wildman–Crippen MR) is 68.4 cm³/mol. The molecule has 0 aliphatic heterocycles. The number of nitriles is 1. The molecule has 94 valence electrons. The van der Waals surface area contributed by atoms with Crippen LogP contribution in [0.15, 0.2) is 32.9 Å². The summed E-state index contributed by atoms with van der Waals surface area (Å²) >= 11 is 3.32. The summed E-state index contributed by atoms with van der Waals surface area (Å²) in [6.45, 7) is 2.38. The zero-order valence-corrected chi connectivity index (χ0v) is 11.2. The van der Waals surface area contributed by atoms with Crippen LogP contribution in [0.5, 0.6) is 5.75 Å². The predicted octanol–water partition coefficient (Wildman–Crippen LogP) is 2.31. The number of azo groups is 1. The van der Waals surface area contributed by atoms with Crippen molar-refractivity contribution in [3.8, 4) is 11.8 Å². The second-order valence-corrected chi connectivity index (χ2v) is 4.05. The summed E-state index contributed by atoms with van der Waals surface area (Å²) in [7, 11) is 0. The molecule has 1 aromatic carbocycles. The fourth-order valence-electron chi connectivity index (χ4n) is 1.09. The topological polar surface area (TPSA) is 101 Å². The van der Waals surface area contributed by atoms with Crippen LogP contribution in [0.3, 0.4) is 0 Å². The smallest absolute Gasteiger partial charge is 0.258 e. The number of halogens is 1. The Labute approximate surface area is 113 Å². The van der Waals surface area contributed by atoms with Crippen LogP contribution in [-0.2, 0) is 4.79 Å². The van der Waals surface area contributed by atoms with E-state index in [1.807, 2.05) is 6.92 Å². The monoisotopic (exact) mass is 310 g/mol. The second kappa shape index (κ2) is 6.71. The quantitative estimate of drug-likeness (QED) is 0.844. The molecule has 6 nitrogen and oxygen atoms in total. The van der Waals surface area contributed by atoms with Crippen molar-refractivity contribution < 1.29 is 9.53 Å². The highest BCUT2D eigenvalue weighted by Gasteiger charge is 2.12. The molecule has 0 bridgehead atoms. The van der Waals surface area contributed by atoms with E-state index in [9.17, 15) is 4.79 Å². The molecule has 0 spiro atoms. The molecule has 1 unspecified atom stereocenters. The minimum Gasteiger partial charge on any atom is -0.493 e. The largest absolute Gasteiger partial charge is 0.493 e. The van der Waals surface area contributed by atoms with Crippen molar-refractivity contribution in [2.45, 2.75) is 13.0 Å². The highest BCUT2D eigenvalue weighted by molar-refractivity contribution is 9.10. The molecular formula is C11H11BrN4O2. The Hall–Kier alpha value is -1.94. The molecule has 1 atom stereocenters. The van der Waals surface area contributed by atoms with Gasteiger partial charge in [0.05, 0.1) is 16.8 Å². The summed E-state index contributed by atoms with van der Waals surface area (Å²) in [5, 5.41) is 16.0. The molecule has 1 aromatic rings. The van der Waals surface area contributed by atoms with Crippen LogP contribution in [0.4, 0.5) is 5.69 Å². The molecule has 1 rings (SSSR count). The Bertz CT molecular complexity index is 510. The van der Waals surface area contributed by atoms with Gasteiger partial charge in [-0.1, -0.05) is 0 Å². The molecule has 2 N–H and O–H groups in total. The van der Waals surface area contributed by atoms with Crippen LogP contribution < -0.4 is 10.5 Å². The molecule has 18 heavy (non-hydrogen) atoms. The third-order valence-corrected chi connectivity index (χ3v) is 2.55. The van der Waals surface area contributed by atoms with Gasteiger partial charge in [0.2, 0.25) is 6.04 Å². The van der Waals surface area contributed by atoms with E-state index in [1.165, 1.54) is 0 Å². The first kappa shape index (κ1) is 14.1. The molecule has 0 saturated heterocycles. The van der Waals surface area contributed by atoms with E-state index in [4.69, 9.17) is 15.7 Å². The highest BCUT2D eigenvalue weighted by Crippen LogP contribution is 2.29. The van der Waals surface area contributed by atoms with Gasteiger partial charge in [-0.3, -0.25) is 4.79 Å². The summed E-state index contributed by atoms with van der Waals surface area (Å²) in [6.07, 6.45) is 0. The molecule has 1 amide bonds. The Morgan fingerprint density at radius 1 is 1.67 bits per heavy atom. The summed E-state index contributed by atoms with van der Waals surface area (Å²) < 4.78 is 6.14. The number of nitrogens with two attached hydrogens (primary N) is 1. The zero-order valence-electron chi connectivity index (χ0n) is 9.63. The van der Waals surface area contributed by atoms with Gasteiger partial charge in [0, 0.05) is 6.07 Å². The summed E-state index contributed by atoms with van der Waals surface area (Å²) in [6, 6.07) is 5.43. The van der Waals surface area contributed by atoms with Gasteiger partial charge in [-0.25, -0.2) is 0 Å². The van der Waals surface area contributed by atoms with Gasteiger partial charge in [0.15, 0.2) is 0 Å². The fourth-order valence-corrected chi connectivity index (χ4v) is 1.45. The lowest BCUT2D eigenvalue weighted by Crippen LogP contribution is -2.24. The standard InChI is InChI=1S/C11H11BrN4O2/c1-2-18-10-5-7(3-4-8(10)12)15-16-9(6-13)11(14)17/h3-5,9H,2H2,1H3,(H2,14,17). The van der Waals surface area contributed by atoms with Crippen LogP contribution in [-0.4, -0.2) is 18.6 Å². The first-order valence-electron chi connectivity index (χ1n) is 5.10. The van der Waals surface area contributed by atoms with Crippen molar-refractivity contribution in [1.29, 1.82) is 5.26 Å². The van der Waals surface area contributed by atoms with Crippen LogP contribution in [0.2, 0.25) is 0 Å². The molecule has 0 saturated carbocycles. The third kappa shape index (κ3) is 3.82. The molecule has 0 fully saturated rings. The number of hydrogen-bond donors (Lipinski definition) is 1. The maximum atomic E-state index is 10.8. The first-order valence-corrected chi connectivity index (χ1v) is 5.90. The van der Waals surface area contributed by atoms with Gasteiger partial charge < -0.3 is 10.5 Å². The second-order valence-electron chi connectivity index (χ2n) is 3.20. The van der Waals surface area contributed by atoms with Crippen LogP contribution in [0.25, 0.3) is 0 Å². The lowest BCUT2D eigenvalue weighted by atomic mass is 10.3. The van der Waals surface area contributed by atoms with E-state index in [1.54, 1.807) is 24.3 Å². The van der Waals surface area contributed by atoms with Gasteiger partial charge in [-0.05, 0) is 35.0 Å². The molecule has 0 aliphatic carbocycles. The van der Waals surface area contributed by atoms with E-state index < -0.39 is 11.9 Å². The van der Waals surface area contributed by atoms with Gasteiger partial charge in [0.1, 0.15) is 11.8 Å². The molecule has 0 aliphatic rings. The normalized spacial score (nSPS) is 12.1. The molecule has 0 heterocycles. The number of carbonyl (C=O) groups excluding carboxylic acids is 1. The zero-order chi connectivity index (χ0) is 13.5. The Balaban J connectivity index is 2.91. The number of rotatable bonds is 5. The van der Waals surface area contributed by atoms with E-state index >= 15 is 0 Å². The molecule has 7 heteroatoms. The number of ether oxygens (including phenoxy) is 1. The van der Waals surface area contributed by atoms with Crippen LogP contribution in [0, 0.1) is 11.3 Å². The number of amides is 1. The summed E-state index contributed by atoms with van der Waals surface area (Å²) in [5.41, 5.74) is 5.44. The van der Waals surface area contributed by atoms with Crippen molar-refractivity contribution in [3.05, 3.63) is 22.7 Å². The van der Waals surface area contributed by atoms with Crippen molar-refractivity contribution in [3.63, 3.8) is 0 Å².